The Morgan fingerprint density at radius 3 is 2.65 bits per heavy atom. The molecule has 0 amide bonds. The van der Waals surface area contributed by atoms with Crippen LogP contribution in [0.4, 0.5) is 0 Å². The lowest BCUT2D eigenvalue weighted by Gasteiger charge is -2.41. The fourth-order valence-corrected chi connectivity index (χ4v) is 5.22. The van der Waals surface area contributed by atoms with Crippen molar-refractivity contribution in [2.45, 2.75) is 59.7 Å². The van der Waals surface area contributed by atoms with E-state index in [2.05, 4.69) is 67.5 Å². The number of aromatic nitrogens is 1. The van der Waals surface area contributed by atoms with Crippen LogP contribution in [0.2, 0.25) is 0 Å². The number of hydrogen-bond donors (Lipinski definition) is 0. The molecule has 2 heteroatoms. The zero-order valence-electron chi connectivity index (χ0n) is 16.4. The fourth-order valence-electron chi connectivity index (χ4n) is 5.22. The van der Waals surface area contributed by atoms with E-state index < -0.39 is 0 Å². The van der Waals surface area contributed by atoms with E-state index in [1.165, 1.54) is 40.6 Å². The number of aryl methyl sites for hydroxylation is 4. The van der Waals surface area contributed by atoms with Gasteiger partial charge in [0, 0.05) is 42.3 Å². The van der Waals surface area contributed by atoms with Gasteiger partial charge in [-0.1, -0.05) is 23.8 Å². The fraction of sp³-hybridized carbons (Fsp3) is 0.417. The highest BCUT2D eigenvalue weighted by atomic mass is 15.2. The number of nitrogens with zero attached hydrogens (tertiary/aromatic N) is 2. The zero-order valence-corrected chi connectivity index (χ0v) is 16.4. The summed E-state index contributed by atoms with van der Waals surface area (Å²) in [5, 5.41) is 1.48. The summed E-state index contributed by atoms with van der Waals surface area (Å²) in [5.41, 5.74) is 12.0. The van der Waals surface area contributed by atoms with Gasteiger partial charge < -0.3 is 4.57 Å². The molecule has 134 valence electrons. The molecule has 1 unspecified atom stereocenters. The summed E-state index contributed by atoms with van der Waals surface area (Å²) in [4.78, 5) is 2.72. The van der Waals surface area contributed by atoms with Crippen molar-refractivity contribution in [2.24, 2.45) is 0 Å². The summed E-state index contributed by atoms with van der Waals surface area (Å²) < 4.78 is 2.55. The minimum absolute atomic E-state index is 0.543. The van der Waals surface area contributed by atoms with Crippen molar-refractivity contribution in [1.29, 1.82) is 0 Å². The molecule has 2 aliphatic heterocycles. The standard InChI is InChI=1S/C24H28N2/c1-5-26-22-7-6-15(2)10-20(22)21-13-23-19-12-17(4)16(3)11-18(19)8-9-25(23)14-24(21)26/h6-7,10-12,23H,5,8-9,13-14H2,1-4H3. The van der Waals surface area contributed by atoms with Gasteiger partial charge >= 0.3 is 0 Å². The third-order valence-corrected chi connectivity index (χ3v) is 6.73. The van der Waals surface area contributed by atoms with Crippen LogP contribution in [-0.2, 0) is 25.9 Å². The zero-order chi connectivity index (χ0) is 18.0. The molecule has 1 atom stereocenters. The van der Waals surface area contributed by atoms with Gasteiger partial charge in [-0.15, -0.1) is 0 Å². The summed E-state index contributed by atoms with van der Waals surface area (Å²) >= 11 is 0. The molecule has 3 heterocycles. The Hall–Kier alpha value is -2.06. The largest absolute Gasteiger partial charge is 0.343 e. The van der Waals surface area contributed by atoms with Crippen LogP contribution in [0.3, 0.4) is 0 Å². The normalized spacial score (nSPS) is 19.3. The average Bonchev–Trinajstić information content (AvgIpc) is 2.93. The molecule has 0 bridgehead atoms. The first-order chi connectivity index (χ1) is 12.6. The van der Waals surface area contributed by atoms with E-state index in [4.69, 9.17) is 0 Å². The van der Waals surface area contributed by atoms with Crippen molar-refractivity contribution < 1.29 is 0 Å². The highest BCUT2D eigenvalue weighted by molar-refractivity contribution is 5.86. The molecule has 0 N–H and O–H groups in total. The first-order valence-electron chi connectivity index (χ1n) is 10.0. The van der Waals surface area contributed by atoms with Crippen LogP contribution in [0.15, 0.2) is 30.3 Å². The van der Waals surface area contributed by atoms with Gasteiger partial charge in [0.15, 0.2) is 0 Å². The van der Waals surface area contributed by atoms with Gasteiger partial charge in [0.05, 0.1) is 0 Å². The van der Waals surface area contributed by atoms with Crippen molar-refractivity contribution in [3.63, 3.8) is 0 Å². The molecule has 5 rings (SSSR count). The summed E-state index contributed by atoms with van der Waals surface area (Å²) in [5.74, 6) is 0. The topological polar surface area (TPSA) is 8.17 Å². The molecule has 0 aliphatic carbocycles. The number of rotatable bonds is 1. The van der Waals surface area contributed by atoms with Gasteiger partial charge in [-0.3, -0.25) is 4.90 Å². The van der Waals surface area contributed by atoms with E-state index in [-0.39, 0.29) is 0 Å². The third-order valence-electron chi connectivity index (χ3n) is 6.73. The van der Waals surface area contributed by atoms with E-state index in [1.54, 1.807) is 22.4 Å². The van der Waals surface area contributed by atoms with Crippen LogP contribution in [-0.4, -0.2) is 16.0 Å². The molecule has 2 aliphatic rings. The molecule has 0 saturated carbocycles. The molecule has 0 fully saturated rings. The first kappa shape index (κ1) is 16.1. The van der Waals surface area contributed by atoms with E-state index in [0.29, 0.717) is 6.04 Å². The van der Waals surface area contributed by atoms with Crippen LogP contribution in [0.1, 0.15) is 52.0 Å². The van der Waals surface area contributed by atoms with Gasteiger partial charge in [-0.05, 0) is 80.5 Å². The second-order valence-corrected chi connectivity index (χ2v) is 8.27. The predicted octanol–water partition coefficient (Wildman–Crippen LogP) is 5.24. The second kappa shape index (κ2) is 5.72. The second-order valence-electron chi connectivity index (χ2n) is 8.27. The Morgan fingerprint density at radius 2 is 1.85 bits per heavy atom. The van der Waals surface area contributed by atoms with Crippen LogP contribution >= 0.6 is 0 Å². The van der Waals surface area contributed by atoms with Crippen LogP contribution in [0, 0.1) is 20.8 Å². The highest BCUT2D eigenvalue weighted by Gasteiger charge is 2.35. The van der Waals surface area contributed by atoms with Gasteiger partial charge in [-0.2, -0.15) is 0 Å². The van der Waals surface area contributed by atoms with E-state index in [1.807, 2.05) is 0 Å². The maximum Gasteiger partial charge on any atom is 0.0485 e. The van der Waals surface area contributed by atoms with Crippen molar-refractivity contribution in [3.05, 3.63) is 69.4 Å². The van der Waals surface area contributed by atoms with Gasteiger partial charge in [0.2, 0.25) is 0 Å². The van der Waals surface area contributed by atoms with Crippen molar-refractivity contribution in [1.82, 2.24) is 9.47 Å². The monoisotopic (exact) mass is 344 g/mol. The molecule has 0 radical (unpaired) electrons. The Kier molecular flexibility index (Phi) is 3.55. The number of fused-ring (bicyclic) bond motifs is 6. The number of hydrogen-bond acceptors (Lipinski definition) is 1. The Bertz CT molecular complexity index is 1020. The molecule has 1 aromatic heterocycles. The lowest BCUT2D eigenvalue weighted by Crippen LogP contribution is -2.40. The summed E-state index contributed by atoms with van der Waals surface area (Å²) in [6.07, 6.45) is 2.34. The molecular weight excluding hydrogens is 316 g/mol. The molecule has 2 nitrogen and oxygen atoms in total. The maximum atomic E-state index is 2.72. The molecule has 0 spiro atoms. The third kappa shape index (κ3) is 2.21. The van der Waals surface area contributed by atoms with Crippen LogP contribution in [0.25, 0.3) is 10.9 Å². The lowest BCUT2D eigenvalue weighted by molar-refractivity contribution is 0.157. The average molecular weight is 345 g/mol. The molecule has 26 heavy (non-hydrogen) atoms. The minimum atomic E-state index is 0.543. The Labute approximate surface area is 156 Å². The van der Waals surface area contributed by atoms with Crippen LogP contribution < -0.4 is 0 Å². The molecule has 2 aromatic carbocycles. The maximum absolute atomic E-state index is 2.72. The molecular formula is C24H28N2. The number of benzene rings is 2. The van der Waals surface area contributed by atoms with E-state index in [9.17, 15) is 0 Å². The Morgan fingerprint density at radius 1 is 1.04 bits per heavy atom. The summed E-state index contributed by atoms with van der Waals surface area (Å²) in [7, 11) is 0. The quantitative estimate of drug-likeness (QED) is 0.586. The van der Waals surface area contributed by atoms with Gasteiger partial charge in [0.25, 0.3) is 0 Å². The molecule has 0 saturated heterocycles. The SMILES string of the molecule is CCn1c2c(c3cc(C)ccc31)CC1c3cc(C)c(C)cc3CCN1C2. The van der Waals surface area contributed by atoms with Crippen LogP contribution in [0.5, 0.6) is 0 Å². The minimum Gasteiger partial charge on any atom is -0.343 e. The van der Waals surface area contributed by atoms with Crippen molar-refractivity contribution >= 4 is 10.9 Å². The lowest BCUT2D eigenvalue weighted by atomic mass is 9.83. The Balaban J connectivity index is 1.69. The summed E-state index contributed by atoms with van der Waals surface area (Å²) in [6, 6.07) is 12.4. The van der Waals surface area contributed by atoms with Gasteiger partial charge in [-0.25, -0.2) is 0 Å². The highest BCUT2D eigenvalue weighted by Crippen LogP contribution is 2.42. The van der Waals surface area contributed by atoms with Crippen molar-refractivity contribution in [2.75, 3.05) is 6.54 Å². The predicted molar refractivity (Wildman–Crippen MR) is 109 cm³/mol. The summed E-state index contributed by atoms with van der Waals surface area (Å²) in [6.45, 7) is 12.3. The van der Waals surface area contributed by atoms with E-state index in [0.717, 1.165) is 19.5 Å². The van der Waals surface area contributed by atoms with E-state index >= 15 is 0 Å². The molecule has 3 aromatic rings. The first-order valence-corrected chi connectivity index (χ1v) is 10.0. The smallest absolute Gasteiger partial charge is 0.0485 e. The van der Waals surface area contributed by atoms with Gasteiger partial charge in [0.1, 0.15) is 0 Å². The van der Waals surface area contributed by atoms with Crippen molar-refractivity contribution in [3.8, 4) is 0 Å².